The minimum absolute atomic E-state index is 0.0422. The van der Waals surface area contributed by atoms with Gasteiger partial charge in [-0.3, -0.25) is 10.1 Å². The summed E-state index contributed by atoms with van der Waals surface area (Å²) in [6, 6.07) is 2.22. The summed E-state index contributed by atoms with van der Waals surface area (Å²) in [7, 11) is 2.48. The minimum Gasteiger partial charge on any atom is -0.496 e. The van der Waals surface area contributed by atoms with Crippen molar-refractivity contribution in [2.75, 3.05) is 14.2 Å². The van der Waals surface area contributed by atoms with Crippen LogP contribution < -0.4 is 4.74 Å². The Morgan fingerprint density at radius 3 is 2.50 bits per heavy atom. The first-order valence-electron chi connectivity index (χ1n) is 4.11. The van der Waals surface area contributed by atoms with Gasteiger partial charge < -0.3 is 9.47 Å². The van der Waals surface area contributed by atoms with Gasteiger partial charge in [-0.05, 0) is 6.07 Å². The SMILES string of the molecule is COC(=O)c1cc(Cl)c([N+](=O)[O-])cc1OC. The molecular formula is C9H8ClNO5. The lowest BCUT2D eigenvalue weighted by molar-refractivity contribution is -0.384. The fourth-order valence-corrected chi connectivity index (χ4v) is 1.35. The molecule has 0 aromatic heterocycles. The lowest BCUT2D eigenvalue weighted by Gasteiger charge is -2.07. The molecule has 16 heavy (non-hydrogen) atoms. The second-order valence-corrected chi connectivity index (χ2v) is 3.16. The van der Waals surface area contributed by atoms with E-state index in [0.29, 0.717) is 0 Å². The molecule has 0 spiro atoms. The molecule has 0 heterocycles. The summed E-state index contributed by atoms with van der Waals surface area (Å²) in [6.07, 6.45) is 0. The molecule has 0 bridgehead atoms. The van der Waals surface area contributed by atoms with Crippen molar-refractivity contribution >= 4 is 23.3 Å². The summed E-state index contributed by atoms with van der Waals surface area (Å²) < 4.78 is 9.34. The monoisotopic (exact) mass is 245 g/mol. The number of carbonyl (C=O) groups excluding carboxylic acids is 1. The highest BCUT2D eigenvalue weighted by Crippen LogP contribution is 2.32. The third-order valence-electron chi connectivity index (χ3n) is 1.87. The van der Waals surface area contributed by atoms with Gasteiger partial charge in [0, 0.05) is 0 Å². The molecule has 0 N–H and O–H groups in total. The van der Waals surface area contributed by atoms with Gasteiger partial charge in [0.1, 0.15) is 16.3 Å². The lowest BCUT2D eigenvalue weighted by atomic mass is 10.2. The number of hydrogen-bond donors (Lipinski definition) is 0. The van der Waals surface area contributed by atoms with E-state index in [4.69, 9.17) is 16.3 Å². The minimum atomic E-state index is -0.673. The van der Waals surface area contributed by atoms with E-state index in [9.17, 15) is 14.9 Å². The molecule has 6 nitrogen and oxygen atoms in total. The molecule has 0 unspecified atom stereocenters. The zero-order chi connectivity index (χ0) is 12.3. The highest BCUT2D eigenvalue weighted by molar-refractivity contribution is 6.33. The van der Waals surface area contributed by atoms with Crippen molar-refractivity contribution in [2.45, 2.75) is 0 Å². The van der Waals surface area contributed by atoms with Crippen LogP contribution in [0.1, 0.15) is 10.4 Å². The van der Waals surface area contributed by atoms with E-state index in [0.717, 1.165) is 12.1 Å². The zero-order valence-electron chi connectivity index (χ0n) is 8.52. The number of nitrogens with zero attached hydrogens (tertiary/aromatic N) is 1. The van der Waals surface area contributed by atoms with E-state index in [1.54, 1.807) is 0 Å². The maximum atomic E-state index is 11.3. The van der Waals surface area contributed by atoms with Crippen molar-refractivity contribution in [2.24, 2.45) is 0 Å². The predicted octanol–water partition coefficient (Wildman–Crippen LogP) is 2.04. The van der Waals surface area contributed by atoms with E-state index in [-0.39, 0.29) is 22.0 Å². The van der Waals surface area contributed by atoms with Crippen molar-refractivity contribution in [1.29, 1.82) is 0 Å². The number of esters is 1. The molecular weight excluding hydrogens is 238 g/mol. The quantitative estimate of drug-likeness (QED) is 0.463. The number of halogens is 1. The number of methoxy groups -OCH3 is 2. The first kappa shape index (κ1) is 12.3. The van der Waals surface area contributed by atoms with Gasteiger partial charge in [-0.15, -0.1) is 0 Å². The van der Waals surface area contributed by atoms with Crippen LogP contribution in [0.4, 0.5) is 5.69 Å². The molecule has 7 heteroatoms. The molecule has 0 fully saturated rings. The molecule has 1 rings (SSSR count). The van der Waals surface area contributed by atoms with Crippen molar-refractivity contribution in [1.82, 2.24) is 0 Å². The molecule has 1 aromatic carbocycles. The van der Waals surface area contributed by atoms with Crippen molar-refractivity contribution < 1.29 is 19.2 Å². The number of nitro benzene ring substituents is 1. The fourth-order valence-electron chi connectivity index (χ4n) is 1.12. The molecule has 1 aromatic rings. The first-order valence-corrected chi connectivity index (χ1v) is 4.49. The van der Waals surface area contributed by atoms with Gasteiger partial charge in [0.05, 0.1) is 25.2 Å². The molecule has 0 radical (unpaired) electrons. The number of rotatable bonds is 3. The molecule has 0 atom stereocenters. The van der Waals surface area contributed by atoms with Gasteiger partial charge in [0.25, 0.3) is 5.69 Å². The van der Waals surface area contributed by atoms with Gasteiger partial charge in [0.15, 0.2) is 0 Å². The van der Waals surface area contributed by atoms with Crippen LogP contribution in [0, 0.1) is 10.1 Å². The Balaban J connectivity index is 3.37. The topological polar surface area (TPSA) is 78.7 Å². The third kappa shape index (κ3) is 2.22. The molecule has 0 aliphatic heterocycles. The van der Waals surface area contributed by atoms with Gasteiger partial charge in [-0.25, -0.2) is 4.79 Å². The lowest BCUT2D eigenvalue weighted by Crippen LogP contribution is -2.05. The van der Waals surface area contributed by atoms with Crippen LogP contribution in [0.5, 0.6) is 5.75 Å². The largest absolute Gasteiger partial charge is 0.496 e. The molecule has 0 amide bonds. The number of carbonyl (C=O) groups is 1. The standard InChI is InChI=1S/C9H8ClNO5/c1-15-8-4-7(11(13)14)6(10)3-5(8)9(12)16-2/h3-4H,1-2H3. The highest BCUT2D eigenvalue weighted by atomic mass is 35.5. The van der Waals surface area contributed by atoms with Crippen molar-refractivity contribution in [3.63, 3.8) is 0 Å². The van der Waals surface area contributed by atoms with Crippen LogP contribution in [0.25, 0.3) is 0 Å². The Morgan fingerprint density at radius 2 is 2.06 bits per heavy atom. The summed E-state index contributed by atoms with van der Waals surface area (Å²) in [6.45, 7) is 0. The van der Waals surface area contributed by atoms with Crippen molar-refractivity contribution in [3.05, 3.63) is 32.8 Å². The summed E-state index contributed by atoms with van der Waals surface area (Å²) in [5, 5.41) is 10.4. The summed E-state index contributed by atoms with van der Waals surface area (Å²) in [5.74, 6) is -0.628. The summed E-state index contributed by atoms with van der Waals surface area (Å²) >= 11 is 5.65. The molecule has 0 saturated carbocycles. The Hall–Kier alpha value is -1.82. The first-order chi connectivity index (χ1) is 7.51. The van der Waals surface area contributed by atoms with Crippen LogP contribution in [-0.4, -0.2) is 25.1 Å². The van der Waals surface area contributed by atoms with Crippen LogP contribution in [0.15, 0.2) is 12.1 Å². The number of hydrogen-bond acceptors (Lipinski definition) is 5. The molecule has 86 valence electrons. The van der Waals surface area contributed by atoms with Crippen LogP contribution >= 0.6 is 11.6 Å². The smallest absolute Gasteiger partial charge is 0.341 e. The average Bonchev–Trinajstić information content (AvgIpc) is 2.27. The second-order valence-electron chi connectivity index (χ2n) is 2.75. The predicted molar refractivity (Wildman–Crippen MR) is 56.0 cm³/mol. The highest BCUT2D eigenvalue weighted by Gasteiger charge is 2.21. The zero-order valence-corrected chi connectivity index (χ0v) is 9.28. The third-order valence-corrected chi connectivity index (χ3v) is 2.17. The van der Waals surface area contributed by atoms with E-state index in [2.05, 4.69) is 4.74 Å². The summed E-state index contributed by atoms with van der Waals surface area (Å²) in [4.78, 5) is 21.2. The second kappa shape index (κ2) is 4.80. The average molecular weight is 246 g/mol. The molecule has 0 aliphatic carbocycles. The van der Waals surface area contributed by atoms with Crippen LogP contribution in [0.3, 0.4) is 0 Å². The fraction of sp³-hybridized carbons (Fsp3) is 0.222. The normalized spacial score (nSPS) is 9.69. The maximum Gasteiger partial charge on any atom is 0.341 e. The van der Waals surface area contributed by atoms with Crippen molar-refractivity contribution in [3.8, 4) is 5.75 Å². The van der Waals surface area contributed by atoms with E-state index >= 15 is 0 Å². The Morgan fingerprint density at radius 1 is 1.44 bits per heavy atom. The van der Waals surface area contributed by atoms with Gasteiger partial charge in [0.2, 0.25) is 0 Å². The number of benzene rings is 1. The van der Waals surface area contributed by atoms with Crippen LogP contribution in [-0.2, 0) is 4.74 Å². The van der Waals surface area contributed by atoms with Gasteiger partial charge in [-0.2, -0.15) is 0 Å². The van der Waals surface area contributed by atoms with Gasteiger partial charge >= 0.3 is 5.97 Å². The van der Waals surface area contributed by atoms with Gasteiger partial charge in [-0.1, -0.05) is 11.6 Å². The van der Waals surface area contributed by atoms with E-state index < -0.39 is 10.9 Å². The number of nitro groups is 1. The summed E-state index contributed by atoms with van der Waals surface area (Å²) in [5.41, 5.74) is -0.285. The molecule has 0 aliphatic rings. The maximum absolute atomic E-state index is 11.3. The Bertz CT molecular complexity index is 446. The van der Waals surface area contributed by atoms with Crippen LogP contribution in [0.2, 0.25) is 5.02 Å². The Kier molecular flexibility index (Phi) is 3.68. The molecule has 0 saturated heterocycles. The Labute approximate surface area is 95.9 Å². The van der Waals surface area contributed by atoms with E-state index in [1.165, 1.54) is 14.2 Å². The number of ether oxygens (including phenoxy) is 2. The van der Waals surface area contributed by atoms with E-state index in [1.807, 2.05) is 0 Å².